The van der Waals surface area contributed by atoms with E-state index in [0.717, 1.165) is 72.5 Å². The molecular weight excluding hydrogens is 782 g/mol. The minimum absolute atomic E-state index is 0.114. The summed E-state index contributed by atoms with van der Waals surface area (Å²) in [7, 11) is 0. The average molecular weight is 842 g/mol. The molecule has 0 radical (unpaired) electrons. The van der Waals surface area contributed by atoms with E-state index in [0.29, 0.717) is 35.9 Å². The third kappa shape index (κ3) is 7.07. The molecule has 4 saturated heterocycles. The summed E-state index contributed by atoms with van der Waals surface area (Å²) < 4.78 is 15.2. The lowest BCUT2D eigenvalue weighted by Gasteiger charge is -2.58. The third-order valence-electron chi connectivity index (χ3n) is 15.9. The predicted octanol–water partition coefficient (Wildman–Crippen LogP) is 6.40. The Bertz CT molecular complexity index is 2390. The first-order valence-corrected chi connectivity index (χ1v) is 23.2. The van der Waals surface area contributed by atoms with Crippen molar-refractivity contribution >= 4 is 40.1 Å². The molecule has 326 valence electrons. The number of imide groups is 1. The molecular formula is C49H60FN9O3. The SMILES string of the molecule is C[C@@H]1Cc2c([nH]c3ccccc23)[C@@H](c2cnc(N3CCC4(CC3)CC(CN3CC5(CCN(c6ccc7c(c6)CN(C6CCC(=O)NC6=O)C7=O)CC5)C3)C4)cn2)N1CC(C)(C)F. The van der Waals surface area contributed by atoms with Gasteiger partial charge in [0.1, 0.15) is 17.5 Å². The van der Waals surface area contributed by atoms with Crippen LogP contribution in [-0.2, 0) is 22.6 Å². The highest BCUT2D eigenvalue weighted by molar-refractivity contribution is 6.05. The number of likely N-dealkylation sites (tertiary alicyclic amines) is 1. The van der Waals surface area contributed by atoms with Gasteiger partial charge in [0.05, 0.1) is 24.1 Å². The van der Waals surface area contributed by atoms with Gasteiger partial charge in [-0.15, -0.1) is 0 Å². The van der Waals surface area contributed by atoms with Gasteiger partial charge >= 0.3 is 0 Å². The molecule has 2 N–H and O–H groups in total. The number of piperidine rings is 3. The average Bonchev–Trinajstić information content (AvgIpc) is 3.76. The molecule has 0 bridgehead atoms. The summed E-state index contributed by atoms with van der Waals surface area (Å²) in [4.78, 5) is 62.6. The molecule has 8 heterocycles. The summed E-state index contributed by atoms with van der Waals surface area (Å²) in [6, 6.07) is 14.0. The van der Waals surface area contributed by atoms with Crippen LogP contribution in [0.4, 0.5) is 15.9 Å². The van der Waals surface area contributed by atoms with Gasteiger partial charge in [-0.05, 0) is 124 Å². The fourth-order valence-corrected chi connectivity index (χ4v) is 12.8. The molecule has 13 heteroatoms. The van der Waals surface area contributed by atoms with Crippen LogP contribution in [0.2, 0.25) is 0 Å². The van der Waals surface area contributed by atoms with Crippen LogP contribution < -0.4 is 15.1 Å². The van der Waals surface area contributed by atoms with Crippen LogP contribution in [0.25, 0.3) is 10.9 Å². The van der Waals surface area contributed by atoms with Crippen LogP contribution in [0.3, 0.4) is 0 Å². The Kier molecular flexibility index (Phi) is 9.57. The Morgan fingerprint density at radius 2 is 1.65 bits per heavy atom. The summed E-state index contributed by atoms with van der Waals surface area (Å²) in [5.41, 5.74) is 6.76. The number of fused-ring (bicyclic) bond motifs is 4. The van der Waals surface area contributed by atoms with Crippen LogP contribution in [-0.4, -0.2) is 117 Å². The van der Waals surface area contributed by atoms with E-state index in [9.17, 15) is 14.4 Å². The quantitative estimate of drug-likeness (QED) is 0.194. The van der Waals surface area contributed by atoms with Gasteiger partial charge in [0.15, 0.2) is 0 Å². The maximum Gasteiger partial charge on any atom is 0.255 e. The van der Waals surface area contributed by atoms with E-state index in [1.54, 1.807) is 18.7 Å². The number of para-hydroxylation sites is 1. The number of hydrogen-bond acceptors (Lipinski definition) is 9. The van der Waals surface area contributed by atoms with Crippen LogP contribution in [0.5, 0.6) is 0 Å². The van der Waals surface area contributed by atoms with Gasteiger partial charge in [0.25, 0.3) is 5.91 Å². The van der Waals surface area contributed by atoms with Crippen molar-refractivity contribution in [2.24, 2.45) is 16.7 Å². The number of carbonyl (C=O) groups excluding carboxylic acids is 3. The fourth-order valence-electron chi connectivity index (χ4n) is 12.8. The smallest absolute Gasteiger partial charge is 0.255 e. The Balaban J connectivity index is 0.651. The van der Waals surface area contributed by atoms with Crippen molar-refractivity contribution < 1.29 is 18.8 Å². The number of aromatic amines is 1. The monoisotopic (exact) mass is 841 g/mol. The molecule has 2 spiro atoms. The molecule has 62 heavy (non-hydrogen) atoms. The number of rotatable bonds is 8. The molecule has 7 aliphatic rings. The molecule has 6 aliphatic heterocycles. The second-order valence-electron chi connectivity index (χ2n) is 20.9. The third-order valence-corrected chi connectivity index (χ3v) is 15.9. The zero-order valence-electron chi connectivity index (χ0n) is 36.5. The van der Waals surface area contributed by atoms with E-state index >= 15 is 4.39 Å². The Morgan fingerprint density at radius 3 is 2.37 bits per heavy atom. The van der Waals surface area contributed by atoms with Crippen molar-refractivity contribution in [2.45, 2.75) is 109 Å². The van der Waals surface area contributed by atoms with Crippen LogP contribution in [0, 0.1) is 16.7 Å². The lowest BCUT2D eigenvalue weighted by atomic mass is 9.57. The van der Waals surface area contributed by atoms with E-state index in [1.165, 1.54) is 69.1 Å². The van der Waals surface area contributed by atoms with E-state index in [2.05, 4.69) is 73.2 Å². The second-order valence-corrected chi connectivity index (χ2v) is 20.9. The maximum atomic E-state index is 15.2. The number of amides is 3. The lowest BCUT2D eigenvalue weighted by Crippen LogP contribution is -2.62. The van der Waals surface area contributed by atoms with Crippen molar-refractivity contribution in [2.75, 3.05) is 62.2 Å². The number of carbonyl (C=O) groups is 3. The highest BCUT2D eigenvalue weighted by Gasteiger charge is 2.50. The van der Waals surface area contributed by atoms with Gasteiger partial charge in [-0.25, -0.2) is 9.37 Å². The van der Waals surface area contributed by atoms with Crippen molar-refractivity contribution in [1.29, 1.82) is 0 Å². The lowest BCUT2D eigenvalue weighted by molar-refractivity contribution is -0.136. The molecule has 11 rings (SSSR count). The summed E-state index contributed by atoms with van der Waals surface area (Å²) in [6.07, 6.45) is 12.9. The van der Waals surface area contributed by atoms with Gasteiger partial charge in [0.2, 0.25) is 11.8 Å². The Labute approximate surface area is 363 Å². The number of benzene rings is 2. The minimum atomic E-state index is -1.34. The van der Waals surface area contributed by atoms with Crippen molar-refractivity contribution in [1.82, 2.24) is 35.0 Å². The number of halogens is 1. The molecule has 2 aromatic carbocycles. The van der Waals surface area contributed by atoms with E-state index in [4.69, 9.17) is 9.97 Å². The number of H-pyrrole nitrogens is 1. The first-order valence-electron chi connectivity index (χ1n) is 23.2. The summed E-state index contributed by atoms with van der Waals surface area (Å²) in [6.45, 7) is 14.0. The first-order chi connectivity index (χ1) is 29.8. The van der Waals surface area contributed by atoms with Crippen molar-refractivity contribution in [3.05, 3.63) is 82.9 Å². The van der Waals surface area contributed by atoms with Gasteiger partial charge < -0.3 is 24.6 Å². The highest BCUT2D eigenvalue weighted by atomic mass is 19.1. The summed E-state index contributed by atoms with van der Waals surface area (Å²) >= 11 is 0. The van der Waals surface area contributed by atoms with E-state index in [1.807, 2.05) is 18.5 Å². The molecule has 1 saturated carbocycles. The van der Waals surface area contributed by atoms with Gasteiger partial charge in [-0.3, -0.25) is 29.6 Å². The second kappa shape index (κ2) is 14.9. The van der Waals surface area contributed by atoms with E-state index in [-0.39, 0.29) is 36.2 Å². The van der Waals surface area contributed by atoms with Gasteiger partial charge in [-0.1, -0.05) is 18.2 Å². The predicted molar refractivity (Wildman–Crippen MR) is 237 cm³/mol. The highest BCUT2D eigenvalue weighted by Crippen LogP contribution is 2.54. The van der Waals surface area contributed by atoms with Crippen LogP contribution in [0.1, 0.15) is 111 Å². The zero-order valence-corrected chi connectivity index (χ0v) is 36.5. The number of nitrogens with one attached hydrogen (secondary N) is 2. The first kappa shape index (κ1) is 39.9. The Hall–Kier alpha value is -4.88. The molecule has 1 aliphatic carbocycles. The fraction of sp³-hybridized carbons (Fsp3) is 0.571. The molecule has 3 amide bonds. The maximum absolute atomic E-state index is 15.2. The summed E-state index contributed by atoms with van der Waals surface area (Å²) in [5.74, 6) is 0.986. The van der Waals surface area contributed by atoms with Crippen molar-refractivity contribution in [3.8, 4) is 0 Å². The van der Waals surface area contributed by atoms with Crippen LogP contribution >= 0.6 is 0 Å². The molecule has 12 nitrogen and oxygen atoms in total. The topological polar surface area (TPSA) is 121 Å². The number of anilines is 2. The zero-order chi connectivity index (χ0) is 42.5. The Morgan fingerprint density at radius 1 is 0.903 bits per heavy atom. The largest absolute Gasteiger partial charge is 0.371 e. The number of nitrogens with zero attached hydrogens (tertiary/aromatic N) is 7. The summed E-state index contributed by atoms with van der Waals surface area (Å²) in [5, 5.41) is 3.64. The van der Waals surface area contributed by atoms with Crippen LogP contribution in [0.15, 0.2) is 54.9 Å². The molecule has 1 unspecified atom stereocenters. The number of aromatic nitrogens is 3. The molecule has 5 fully saturated rings. The molecule has 3 atom stereocenters. The standard InChI is InChI=1S/C49H60FN9O3/c1-31-20-37-36-6-4-5-7-38(36)53-43(37)44(59(31)28-47(2,3)50)39-24-52-41(25-51-39)57-18-12-48(13-19-57)22-32(23-48)26-55-29-49(30-55)14-16-56(17-15-49)34-8-9-35-33(21-34)27-58(46(35)62)40-10-11-42(60)54-45(40)61/h4-9,21,24-25,31-32,40,44,53H,10-20,22-23,26-30H2,1-3H3,(H,54,60,61)/t31-,40?,44-/m1/s1. The normalized spacial score (nSPS) is 26.5. The van der Waals surface area contributed by atoms with Gasteiger partial charge in [0, 0.05) is 99.2 Å². The van der Waals surface area contributed by atoms with Crippen molar-refractivity contribution in [3.63, 3.8) is 0 Å². The number of alkyl halides is 1. The molecule has 4 aromatic rings. The molecule has 2 aromatic heterocycles. The van der Waals surface area contributed by atoms with E-state index < -0.39 is 11.7 Å². The van der Waals surface area contributed by atoms with Gasteiger partial charge in [-0.2, -0.15) is 0 Å². The number of hydrogen-bond donors (Lipinski definition) is 2. The minimum Gasteiger partial charge on any atom is -0.371 e.